The SMILES string of the molecule is CCNC(=NCc1ccc(OCC(F)(F)F)cc1)NCCCN1CCC(O)CC1. The lowest BCUT2D eigenvalue weighted by Gasteiger charge is -2.29. The molecule has 6 nitrogen and oxygen atoms in total. The summed E-state index contributed by atoms with van der Waals surface area (Å²) in [5, 5.41) is 16.0. The molecule has 0 atom stereocenters. The number of piperidine rings is 1. The summed E-state index contributed by atoms with van der Waals surface area (Å²) in [5.74, 6) is 0.893. The van der Waals surface area contributed by atoms with Gasteiger partial charge in [-0.15, -0.1) is 0 Å². The Morgan fingerprint density at radius 1 is 1.21 bits per heavy atom. The van der Waals surface area contributed by atoms with Crippen molar-refractivity contribution in [1.29, 1.82) is 0 Å². The van der Waals surface area contributed by atoms with Gasteiger partial charge in [-0.3, -0.25) is 0 Å². The number of nitrogens with zero attached hydrogens (tertiary/aromatic N) is 2. The molecular formula is C20H31F3N4O2. The summed E-state index contributed by atoms with van der Waals surface area (Å²) < 4.78 is 41.3. The van der Waals surface area contributed by atoms with Gasteiger partial charge in [0.2, 0.25) is 0 Å². The van der Waals surface area contributed by atoms with E-state index in [2.05, 4.69) is 20.5 Å². The van der Waals surface area contributed by atoms with Gasteiger partial charge in [-0.25, -0.2) is 4.99 Å². The number of rotatable bonds is 9. The maximum Gasteiger partial charge on any atom is 0.422 e. The first-order valence-electron chi connectivity index (χ1n) is 10.1. The monoisotopic (exact) mass is 416 g/mol. The third-order valence-electron chi connectivity index (χ3n) is 4.59. The van der Waals surface area contributed by atoms with Crippen LogP contribution in [0, 0.1) is 0 Å². The number of nitrogens with one attached hydrogen (secondary N) is 2. The number of likely N-dealkylation sites (tertiary alicyclic amines) is 1. The summed E-state index contributed by atoms with van der Waals surface area (Å²) in [6.07, 6.45) is -1.83. The van der Waals surface area contributed by atoms with Crippen LogP contribution in [0.15, 0.2) is 29.3 Å². The van der Waals surface area contributed by atoms with Crippen molar-refractivity contribution in [2.75, 3.05) is 39.3 Å². The minimum Gasteiger partial charge on any atom is -0.484 e. The lowest BCUT2D eigenvalue weighted by Crippen LogP contribution is -2.40. The van der Waals surface area contributed by atoms with Crippen molar-refractivity contribution in [2.24, 2.45) is 4.99 Å². The number of alkyl halides is 3. The highest BCUT2D eigenvalue weighted by molar-refractivity contribution is 5.79. The Balaban J connectivity index is 1.73. The molecular weight excluding hydrogens is 385 g/mol. The van der Waals surface area contributed by atoms with Gasteiger partial charge in [0.05, 0.1) is 12.6 Å². The Bertz CT molecular complexity index is 615. The zero-order valence-electron chi connectivity index (χ0n) is 16.8. The van der Waals surface area contributed by atoms with E-state index in [1.165, 1.54) is 12.1 Å². The Morgan fingerprint density at radius 2 is 1.90 bits per heavy atom. The summed E-state index contributed by atoms with van der Waals surface area (Å²) >= 11 is 0. The Kier molecular flexibility index (Phi) is 9.53. The highest BCUT2D eigenvalue weighted by Crippen LogP contribution is 2.19. The first kappa shape index (κ1) is 23.3. The molecule has 1 saturated heterocycles. The third kappa shape index (κ3) is 9.85. The largest absolute Gasteiger partial charge is 0.484 e. The second-order valence-corrected chi connectivity index (χ2v) is 7.10. The molecule has 0 bridgehead atoms. The number of benzene rings is 1. The van der Waals surface area contributed by atoms with Crippen LogP contribution in [0.2, 0.25) is 0 Å². The lowest BCUT2D eigenvalue weighted by atomic mass is 10.1. The average Bonchev–Trinajstić information content (AvgIpc) is 2.69. The summed E-state index contributed by atoms with van der Waals surface area (Å²) in [6, 6.07) is 6.46. The smallest absolute Gasteiger partial charge is 0.422 e. The molecule has 29 heavy (non-hydrogen) atoms. The van der Waals surface area contributed by atoms with E-state index in [0.29, 0.717) is 12.5 Å². The number of aliphatic imine (C=N–C) groups is 1. The van der Waals surface area contributed by atoms with Crippen LogP contribution in [-0.2, 0) is 6.54 Å². The maximum absolute atomic E-state index is 12.2. The molecule has 0 aliphatic carbocycles. The molecule has 0 radical (unpaired) electrons. The van der Waals surface area contributed by atoms with Crippen LogP contribution in [0.3, 0.4) is 0 Å². The molecule has 9 heteroatoms. The van der Waals surface area contributed by atoms with Gasteiger partial charge >= 0.3 is 6.18 Å². The van der Waals surface area contributed by atoms with E-state index in [-0.39, 0.29) is 11.9 Å². The van der Waals surface area contributed by atoms with Gasteiger partial charge in [0.15, 0.2) is 12.6 Å². The number of aliphatic hydroxyl groups excluding tert-OH is 1. The van der Waals surface area contributed by atoms with Crippen LogP contribution in [0.1, 0.15) is 31.7 Å². The van der Waals surface area contributed by atoms with E-state index in [0.717, 1.165) is 57.5 Å². The van der Waals surface area contributed by atoms with Crippen molar-refractivity contribution in [3.8, 4) is 5.75 Å². The van der Waals surface area contributed by atoms with Gasteiger partial charge in [0, 0.05) is 26.2 Å². The van der Waals surface area contributed by atoms with E-state index in [1.54, 1.807) is 12.1 Å². The van der Waals surface area contributed by atoms with Crippen molar-refractivity contribution in [3.63, 3.8) is 0 Å². The molecule has 0 aromatic heterocycles. The zero-order chi connectivity index (χ0) is 21.1. The number of hydrogen-bond acceptors (Lipinski definition) is 4. The Morgan fingerprint density at radius 3 is 2.52 bits per heavy atom. The van der Waals surface area contributed by atoms with Crippen LogP contribution < -0.4 is 15.4 Å². The predicted octanol–water partition coefficient (Wildman–Crippen LogP) is 2.53. The van der Waals surface area contributed by atoms with Crippen molar-refractivity contribution in [1.82, 2.24) is 15.5 Å². The van der Waals surface area contributed by atoms with Crippen LogP contribution in [0.5, 0.6) is 5.75 Å². The van der Waals surface area contributed by atoms with E-state index < -0.39 is 12.8 Å². The summed E-state index contributed by atoms with van der Waals surface area (Å²) in [4.78, 5) is 6.88. The number of hydrogen-bond donors (Lipinski definition) is 3. The van der Waals surface area contributed by atoms with Gasteiger partial charge in [0.25, 0.3) is 0 Å². The number of ether oxygens (including phenoxy) is 1. The lowest BCUT2D eigenvalue weighted by molar-refractivity contribution is -0.153. The molecule has 2 rings (SSSR count). The molecule has 0 saturated carbocycles. The molecule has 0 spiro atoms. The topological polar surface area (TPSA) is 69.1 Å². The Hall–Kier alpha value is -2.00. The van der Waals surface area contributed by atoms with Crippen molar-refractivity contribution in [3.05, 3.63) is 29.8 Å². The minimum atomic E-state index is -4.34. The first-order valence-corrected chi connectivity index (χ1v) is 10.1. The van der Waals surface area contributed by atoms with Gasteiger partial charge in [0.1, 0.15) is 5.75 Å². The molecule has 1 aromatic carbocycles. The number of halogens is 3. The summed E-state index contributed by atoms with van der Waals surface area (Å²) in [6.45, 7) is 5.50. The van der Waals surface area contributed by atoms with Crippen molar-refractivity contribution >= 4 is 5.96 Å². The van der Waals surface area contributed by atoms with Crippen molar-refractivity contribution < 1.29 is 23.0 Å². The fraction of sp³-hybridized carbons (Fsp3) is 0.650. The van der Waals surface area contributed by atoms with Crippen LogP contribution in [0.25, 0.3) is 0 Å². The third-order valence-corrected chi connectivity index (χ3v) is 4.59. The molecule has 1 fully saturated rings. The molecule has 0 amide bonds. The fourth-order valence-electron chi connectivity index (χ4n) is 3.02. The zero-order valence-corrected chi connectivity index (χ0v) is 16.8. The molecule has 1 heterocycles. The van der Waals surface area contributed by atoms with Crippen molar-refractivity contribution in [2.45, 2.75) is 45.0 Å². The minimum absolute atomic E-state index is 0.151. The van der Waals surface area contributed by atoms with Crippen LogP contribution in [-0.4, -0.2) is 67.6 Å². The fourth-order valence-corrected chi connectivity index (χ4v) is 3.02. The summed E-state index contributed by atoms with van der Waals surface area (Å²) in [7, 11) is 0. The molecule has 1 aliphatic heterocycles. The van der Waals surface area contributed by atoms with Crippen LogP contribution >= 0.6 is 0 Å². The average molecular weight is 416 g/mol. The predicted molar refractivity (Wildman–Crippen MR) is 107 cm³/mol. The Labute approximate surface area is 170 Å². The standard InChI is InChI=1S/C20H31F3N4O2/c1-2-24-19(25-10-3-11-27-12-8-17(28)9-13-27)26-14-16-4-6-18(7-5-16)29-15-20(21,22)23/h4-7,17,28H,2-3,8-15H2,1H3,(H2,24,25,26). The van der Waals surface area contributed by atoms with E-state index in [9.17, 15) is 18.3 Å². The van der Waals surface area contributed by atoms with Crippen LogP contribution in [0.4, 0.5) is 13.2 Å². The second-order valence-electron chi connectivity index (χ2n) is 7.10. The quantitative estimate of drug-likeness (QED) is 0.328. The van der Waals surface area contributed by atoms with Gasteiger partial charge in [-0.05, 0) is 50.4 Å². The normalized spacial score (nSPS) is 16.7. The van der Waals surface area contributed by atoms with Gasteiger partial charge in [-0.1, -0.05) is 12.1 Å². The molecule has 3 N–H and O–H groups in total. The van der Waals surface area contributed by atoms with E-state index in [4.69, 9.17) is 4.74 Å². The van der Waals surface area contributed by atoms with Gasteiger partial charge in [-0.2, -0.15) is 13.2 Å². The molecule has 0 unspecified atom stereocenters. The number of aliphatic hydroxyl groups is 1. The molecule has 1 aliphatic rings. The molecule has 1 aromatic rings. The maximum atomic E-state index is 12.2. The first-order chi connectivity index (χ1) is 13.9. The van der Waals surface area contributed by atoms with E-state index >= 15 is 0 Å². The summed E-state index contributed by atoms with van der Waals surface area (Å²) in [5.41, 5.74) is 0.883. The number of guanidine groups is 1. The van der Waals surface area contributed by atoms with E-state index in [1.807, 2.05) is 6.92 Å². The highest BCUT2D eigenvalue weighted by Gasteiger charge is 2.28. The highest BCUT2D eigenvalue weighted by atomic mass is 19.4. The second kappa shape index (κ2) is 11.9. The van der Waals surface area contributed by atoms with Gasteiger partial charge < -0.3 is 25.4 Å². The molecule has 164 valence electrons.